The first-order valence-corrected chi connectivity index (χ1v) is 7.35. The molecule has 0 aliphatic rings. The lowest BCUT2D eigenvalue weighted by atomic mass is 9.98. The van der Waals surface area contributed by atoms with E-state index in [-0.39, 0.29) is 12.1 Å². The van der Waals surface area contributed by atoms with Crippen LogP contribution in [-0.2, 0) is 18.2 Å². The minimum atomic E-state index is -0.0542. The number of hydrogen-bond donors (Lipinski definition) is 2. The van der Waals surface area contributed by atoms with Crippen molar-refractivity contribution in [1.29, 1.82) is 0 Å². The first kappa shape index (κ1) is 15.7. The van der Waals surface area contributed by atoms with Gasteiger partial charge in [0.1, 0.15) is 5.82 Å². The van der Waals surface area contributed by atoms with Crippen LogP contribution in [0.15, 0.2) is 42.7 Å². The molecular formula is C16H24N4O. The smallest absolute Gasteiger partial charge is 0.108 e. The summed E-state index contributed by atoms with van der Waals surface area (Å²) in [6, 6.07) is 10.2. The number of rotatable bonds is 8. The number of ether oxygens (including phenoxy) is 1. The summed E-state index contributed by atoms with van der Waals surface area (Å²) in [6.45, 7) is 2.66. The summed E-state index contributed by atoms with van der Waals surface area (Å²) in [6.07, 6.45) is 5.44. The number of benzene rings is 1. The van der Waals surface area contributed by atoms with E-state index < -0.39 is 0 Å². The first-order chi connectivity index (χ1) is 10.3. The topological polar surface area (TPSA) is 65.1 Å². The summed E-state index contributed by atoms with van der Waals surface area (Å²) in [7, 11) is 2.00. The summed E-state index contributed by atoms with van der Waals surface area (Å²) < 4.78 is 7.95. The summed E-state index contributed by atoms with van der Waals surface area (Å²) in [5.74, 6) is 6.82. The van der Waals surface area contributed by atoms with Crippen molar-refractivity contribution in [3.8, 4) is 0 Å². The van der Waals surface area contributed by atoms with Gasteiger partial charge in [0.05, 0.1) is 12.1 Å². The van der Waals surface area contributed by atoms with E-state index in [0.29, 0.717) is 6.61 Å². The highest BCUT2D eigenvalue weighted by atomic mass is 16.5. The molecule has 0 spiro atoms. The Morgan fingerprint density at radius 2 is 2.10 bits per heavy atom. The van der Waals surface area contributed by atoms with Crippen LogP contribution in [0.1, 0.15) is 30.8 Å². The van der Waals surface area contributed by atoms with Crippen molar-refractivity contribution >= 4 is 0 Å². The molecule has 2 unspecified atom stereocenters. The maximum Gasteiger partial charge on any atom is 0.108 e. The van der Waals surface area contributed by atoms with Crippen LogP contribution < -0.4 is 11.3 Å². The molecular weight excluding hydrogens is 264 g/mol. The molecule has 2 atom stereocenters. The molecule has 0 saturated heterocycles. The third-order valence-corrected chi connectivity index (χ3v) is 3.65. The average molecular weight is 288 g/mol. The van der Waals surface area contributed by atoms with Gasteiger partial charge in [-0.15, -0.1) is 0 Å². The van der Waals surface area contributed by atoms with Gasteiger partial charge in [-0.05, 0) is 18.9 Å². The third-order valence-electron chi connectivity index (χ3n) is 3.65. The van der Waals surface area contributed by atoms with Crippen LogP contribution in [0.25, 0.3) is 0 Å². The van der Waals surface area contributed by atoms with Gasteiger partial charge in [0, 0.05) is 32.5 Å². The Bertz CT molecular complexity index is 526. The molecule has 114 valence electrons. The van der Waals surface area contributed by atoms with E-state index in [2.05, 4.69) is 22.5 Å². The van der Waals surface area contributed by atoms with Crippen LogP contribution in [0, 0.1) is 0 Å². The van der Waals surface area contributed by atoms with E-state index in [4.69, 9.17) is 10.6 Å². The fourth-order valence-electron chi connectivity index (χ4n) is 2.51. The second-order valence-corrected chi connectivity index (χ2v) is 5.05. The van der Waals surface area contributed by atoms with Gasteiger partial charge in [0.15, 0.2) is 0 Å². The third kappa shape index (κ3) is 4.14. The normalized spacial score (nSPS) is 14.0. The fourth-order valence-corrected chi connectivity index (χ4v) is 2.51. The second-order valence-electron chi connectivity index (χ2n) is 5.05. The van der Waals surface area contributed by atoms with E-state index in [1.54, 1.807) is 0 Å². The first-order valence-electron chi connectivity index (χ1n) is 7.35. The predicted molar refractivity (Wildman–Crippen MR) is 83.4 cm³/mol. The molecule has 2 aromatic rings. The van der Waals surface area contributed by atoms with E-state index >= 15 is 0 Å². The van der Waals surface area contributed by atoms with Crippen molar-refractivity contribution in [1.82, 2.24) is 15.0 Å². The summed E-state index contributed by atoms with van der Waals surface area (Å²) in [5.41, 5.74) is 4.05. The summed E-state index contributed by atoms with van der Waals surface area (Å²) in [4.78, 5) is 4.35. The van der Waals surface area contributed by atoms with Crippen molar-refractivity contribution in [3.05, 3.63) is 54.1 Å². The SMILES string of the molecule is CCOC(c1ccccc1)C(CCc1nccn1C)NN. The number of hydrogen-bond acceptors (Lipinski definition) is 4. The number of nitrogens with zero attached hydrogens (tertiary/aromatic N) is 2. The molecule has 1 aromatic carbocycles. The Labute approximate surface area is 126 Å². The molecule has 0 aliphatic carbocycles. The largest absolute Gasteiger partial charge is 0.372 e. The van der Waals surface area contributed by atoms with Gasteiger partial charge in [0.2, 0.25) is 0 Å². The fraction of sp³-hybridized carbons (Fsp3) is 0.438. The quantitative estimate of drug-likeness (QED) is 0.576. The molecule has 0 fully saturated rings. The molecule has 2 rings (SSSR count). The van der Waals surface area contributed by atoms with Gasteiger partial charge >= 0.3 is 0 Å². The Morgan fingerprint density at radius 1 is 1.33 bits per heavy atom. The van der Waals surface area contributed by atoms with E-state index in [9.17, 15) is 0 Å². The Balaban J connectivity index is 2.07. The molecule has 5 heteroatoms. The summed E-state index contributed by atoms with van der Waals surface area (Å²) in [5, 5.41) is 0. The zero-order valence-electron chi connectivity index (χ0n) is 12.7. The van der Waals surface area contributed by atoms with Crippen molar-refractivity contribution in [3.63, 3.8) is 0 Å². The number of aryl methyl sites for hydroxylation is 2. The van der Waals surface area contributed by atoms with Crippen molar-refractivity contribution in [2.24, 2.45) is 12.9 Å². The number of hydrazine groups is 1. The molecule has 1 aromatic heterocycles. The minimum Gasteiger partial charge on any atom is -0.372 e. The number of nitrogens with two attached hydrogens (primary N) is 1. The van der Waals surface area contributed by atoms with Gasteiger partial charge in [-0.25, -0.2) is 4.98 Å². The molecule has 3 N–H and O–H groups in total. The van der Waals surface area contributed by atoms with Crippen molar-refractivity contribution in [2.45, 2.75) is 31.9 Å². The highest BCUT2D eigenvalue weighted by Gasteiger charge is 2.22. The van der Waals surface area contributed by atoms with Gasteiger partial charge in [-0.1, -0.05) is 30.3 Å². The molecule has 0 radical (unpaired) electrons. The van der Waals surface area contributed by atoms with Crippen LogP contribution in [0.2, 0.25) is 0 Å². The zero-order valence-corrected chi connectivity index (χ0v) is 12.7. The van der Waals surface area contributed by atoms with Crippen LogP contribution in [0.5, 0.6) is 0 Å². The summed E-state index contributed by atoms with van der Waals surface area (Å²) >= 11 is 0. The van der Waals surface area contributed by atoms with Gasteiger partial charge < -0.3 is 9.30 Å². The number of nitrogens with one attached hydrogen (secondary N) is 1. The Morgan fingerprint density at radius 3 is 2.67 bits per heavy atom. The van der Waals surface area contributed by atoms with Crippen molar-refractivity contribution in [2.75, 3.05) is 6.61 Å². The molecule has 0 saturated carbocycles. The maximum absolute atomic E-state index is 5.91. The minimum absolute atomic E-state index is 0.0454. The highest BCUT2D eigenvalue weighted by Crippen LogP contribution is 2.23. The lowest BCUT2D eigenvalue weighted by molar-refractivity contribution is 0.0308. The van der Waals surface area contributed by atoms with Crippen LogP contribution in [-0.4, -0.2) is 22.2 Å². The Kier molecular flexibility index (Phi) is 5.92. The van der Waals surface area contributed by atoms with E-state index in [1.165, 1.54) is 0 Å². The Hall–Kier alpha value is -1.69. The molecule has 5 nitrogen and oxygen atoms in total. The molecule has 21 heavy (non-hydrogen) atoms. The highest BCUT2D eigenvalue weighted by molar-refractivity contribution is 5.19. The van der Waals surface area contributed by atoms with Gasteiger partial charge in [0.25, 0.3) is 0 Å². The van der Waals surface area contributed by atoms with Crippen LogP contribution in [0.3, 0.4) is 0 Å². The molecule has 0 aliphatic heterocycles. The number of imidazole rings is 1. The average Bonchev–Trinajstić information content (AvgIpc) is 2.93. The molecule has 0 amide bonds. The molecule has 0 bridgehead atoms. The molecule has 1 heterocycles. The van der Waals surface area contributed by atoms with E-state index in [1.807, 2.05) is 49.1 Å². The standard InChI is InChI=1S/C16H24N4O/c1-3-21-16(13-7-5-4-6-8-13)14(19-17)9-10-15-18-11-12-20(15)2/h4-8,11-12,14,16,19H,3,9-10,17H2,1-2H3. The zero-order chi connectivity index (χ0) is 15.1. The predicted octanol–water partition coefficient (Wildman–Crippen LogP) is 1.96. The lowest BCUT2D eigenvalue weighted by Crippen LogP contribution is -2.41. The monoisotopic (exact) mass is 288 g/mol. The van der Waals surface area contributed by atoms with Crippen LogP contribution in [0.4, 0.5) is 0 Å². The van der Waals surface area contributed by atoms with Crippen LogP contribution >= 0.6 is 0 Å². The number of aromatic nitrogens is 2. The van der Waals surface area contributed by atoms with Crippen molar-refractivity contribution < 1.29 is 4.74 Å². The maximum atomic E-state index is 5.91. The lowest BCUT2D eigenvalue weighted by Gasteiger charge is -2.27. The van der Waals surface area contributed by atoms with Gasteiger partial charge in [-0.3, -0.25) is 11.3 Å². The van der Waals surface area contributed by atoms with E-state index in [0.717, 1.165) is 24.2 Å². The second kappa shape index (κ2) is 7.93. The van der Waals surface area contributed by atoms with Gasteiger partial charge in [-0.2, -0.15) is 0 Å².